The molecule has 0 saturated carbocycles. The molecule has 1 aliphatic heterocycles. The highest BCUT2D eigenvalue weighted by molar-refractivity contribution is 5.95. The molecule has 4 rings (SSSR count). The van der Waals surface area contributed by atoms with Crippen molar-refractivity contribution in [1.82, 2.24) is 0 Å². The van der Waals surface area contributed by atoms with E-state index in [2.05, 4.69) is 11.1 Å². The normalized spacial score (nSPS) is 23.2. The topological polar surface area (TPSA) is 12.4 Å². The van der Waals surface area contributed by atoms with Crippen LogP contribution in [0.25, 0.3) is 0 Å². The van der Waals surface area contributed by atoms with Crippen molar-refractivity contribution in [2.24, 2.45) is 4.99 Å². The van der Waals surface area contributed by atoms with Crippen LogP contribution in [-0.4, -0.2) is 6.21 Å². The molecule has 0 saturated heterocycles. The highest BCUT2D eigenvalue weighted by atomic mass is 19.4. The summed E-state index contributed by atoms with van der Waals surface area (Å²) in [5.41, 5.74) is 4.60. The van der Waals surface area contributed by atoms with Gasteiger partial charge in [-0.2, -0.15) is 13.2 Å². The van der Waals surface area contributed by atoms with Gasteiger partial charge in [0.2, 0.25) is 0 Å². The lowest BCUT2D eigenvalue weighted by molar-refractivity contribution is -0.137. The summed E-state index contributed by atoms with van der Waals surface area (Å²) < 4.78 is 38.4. The van der Waals surface area contributed by atoms with E-state index in [1.165, 1.54) is 23.3 Å². The Morgan fingerprint density at radius 2 is 1.90 bits per heavy atom. The molecule has 1 atom stereocenters. The molecule has 1 heterocycles. The average molecular weight is 273 g/mol. The molecule has 2 bridgehead atoms. The summed E-state index contributed by atoms with van der Waals surface area (Å²) in [4.78, 5) is 4.41. The first-order chi connectivity index (χ1) is 9.54. The third-order valence-corrected chi connectivity index (χ3v) is 4.00. The van der Waals surface area contributed by atoms with E-state index in [1.807, 2.05) is 6.08 Å². The van der Waals surface area contributed by atoms with Crippen molar-refractivity contribution in [1.29, 1.82) is 0 Å². The number of hydrogen-bond donors (Lipinski definition) is 0. The van der Waals surface area contributed by atoms with Gasteiger partial charge in [-0.3, -0.25) is 4.99 Å². The first kappa shape index (κ1) is 11.7. The van der Waals surface area contributed by atoms with Crippen molar-refractivity contribution in [3.05, 3.63) is 69.8 Å². The minimum atomic E-state index is -4.31. The Balaban J connectivity index is 1.79. The molecular weight excluding hydrogens is 263 g/mol. The van der Waals surface area contributed by atoms with Crippen LogP contribution in [-0.2, 0) is 6.18 Å². The van der Waals surface area contributed by atoms with Crippen LogP contribution in [0.4, 0.5) is 13.2 Å². The van der Waals surface area contributed by atoms with Crippen LogP contribution in [0.3, 0.4) is 0 Å². The maximum Gasteiger partial charge on any atom is 0.416 e. The Hall–Kier alpha value is -2.10. The maximum atomic E-state index is 12.8. The fourth-order valence-corrected chi connectivity index (χ4v) is 3.08. The van der Waals surface area contributed by atoms with Crippen LogP contribution in [0.5, 0.6) is 0 Å². The molecule has 2 aliphatic carbocycles. The second-order valence-corrected chi connectivity index (χ2v) is 5.19. The molecular formula is C16H10F3N. The zero-order valence-corrected chi connectivity index (χ0v) is 10.4. The number of nitrogens with zero attached hydrogens (tertiary/aromatic N) is 1. The van der Waals surface area contributed by atoms with E-state index in [9.17, 15) is 13.2 Å². The molecule has 1 nitrogen and oxygen atoms in total. The number of benzene rings is 1. The molecule has 0 aromatic heterocycles. The van der Waals surface area contributed by atoms with Crippen molar-refractivity contribution >= 4 is 6.21 Å². The maximum absolute atomic E-state index is 12.8. The van der Waals surface area contributed by atoms with Crippen molar-refractivity contribution in [3.8, 4) is 0 Å². The number of fused-ring (bicyclic) bond motifs is 3. The van der Waals surface area contributed by atoms with Crippen molar-refractivity contribution in [2.75, 3.05) is 0 Å². The number of alkyl halides is 3. The van der Waals surface area contributed by atoms with Gasteiger partial charge >= 0.3 is 6.18 Å². The Kier molecular flexibility index (Phi) is 2.18. The third kappa shape index (κ3) is 1.54. The van der Waals surface area contributed by atoms with Gasteiger partial charge in [0.25, 0.3) is 0 Å². The third-order valence-electron chi connectivity index (χ3n) is 4.00. The average Bonchev–Trinajstić information content (AvgIpc) is 3.11. The molecule has 20 heavy (non-hydrogen) atoms. The van der Waals surface area contributed by atoms with Gasteiger partial charge < -0.3 is 0 Å². The molecule has 100 valence electrons. The fourth-order valence-electron chi connectivity index (χ4n) is 3.08. The number of halogens is 3. The van der Waals surface area contributed by atoms with Crippen molar-refractivity contribution < 1.29 is 13.2 Å². The summed E-state index contributed by atoms with van der Waals surface area (Å²) in [5.74, 6) is 0. The summed E-state index contributed by atoms with van der Waals surface area (Å²) in [7, 11) is 0. The number of hydrogen-bond acceptors (Lipinski definition) is 1. The summed E-state index contributed by atoms with van der Waals surface area (Å²) in [6, 6.07) is 5.19. The first-order valence-electron chi connectivity index (χ1n) is 6.39. The van der Waals surface area contributed by atoms with Gasteiger partial charge in [0.1, 0.15) is 6.04 Å². The highest BCUT2D eigenvalue weighted by Gasteiger charge is 2.36. The van der Waals surface area contributed by atoms with E-state index in [1.54, 1.807) is 12.3 Å². The lowest BCUT2D eigenvalue weighted by Crippen LogP contribution is -2.06. The van der Waals surface area contributed by atoms with Gasteiger partial charge in [-0.1, -0.05) is 24.3 Å². The molecule has 1 aromatic carbocycles. The molecule has 1 unspecified atom stereocenters. The van der Waals surface area contributed by atoms with E-state index in [4.69, 9.17) is 0 Å². The van der Waals surface area contributed by atoms with Crippen LogP contribution >= 0.6 is 0 Å². The van der Waals surface area contributed by atoms with E-state index in [0.717, 1.165) is 23.6 Å². The smallest absolute Gasteiger partial charge is 0.280 e. The monoisotopic (exact) mass is 273 g/mol. The van der Waals surface area contributed by atoms with E-state index < -0.39 is 11.7 Å². The second-order valence-electron chi connectivity index (χ2n) is 5.19. The minimum Gasteiger partial charge on any atom is -0.280 e. The van der Waals surface area contributed by atoms with Crippen LogP contribution in [0.15, 0.2) is 63.7 Å². The van der Waals surface area contributed by atoms with Crippen LogP contribution in [0.2, 0.25) is 0 Å². The van der Waals surface area contributed by atoms with E-state index >= 15 is 0 Å². The Morgan fingerprint density at radius 1 is 1.10 bits per heavy atom. The van der Waals surface area contributed by atoms with Gasteiger partial charge in [0, 0.05) is 11.8 Å². The number of aliphatic imine (C=N–C) groups is 1. The summed E-state index contributed by atoms with van der Waals surface area (Å²) in [5, 5.41) is 0. The zero-order chi connectivity index (χ0) is 13.9. The van der Waals surface area contributed by atoms with E-state index in [0.29, 0.717) is 5.56 Å². The first-order valence-corrected chi connectivity index (χ1v) is 6.39. The zero-order valence-electron chi connectivity index (χ0n) is 10.4. The van der Waals surface area contributed by atoms with Crippen LogP contribution in [0, 0.1) is 0 Å². The molecule has 0 N–H and O–H groups in total. The molecule has 1 aromatic rings. The molecule has 4 heteroatoms. The SMILES string of the molecule is FC(F)(F)c1cccc(C2N=CC3=C4C=CC(=C32)C4)c1. The minimum absolute atomic E-state index is 0.287. The summed E-state index contributed by atoms with van der Waals surface area (Å²) >= 11 is 0. The standard InChI is InChI=1S/C16H10F3N/c17-16(18,19)12-3-1-2-11(7-12)15-14-10-5-4-9(6-10)13(14)8-20-15/h1-5,7-8,15H,6H2. The van der Waals surface area contributed by atoms with Gasteiger partial charge in [0.05, 0.1) is 5.56 Å². The molecule has 0 amide bonds. The predicted octanol–water partition coefficient (Wildman–Crippen LogP) is 4.40. The lowest BCUT2D eigenvalue weighted by Gasteiger charge is -2.15. The quantitative estimate of drug-likeness (QED) is 0.719. The predicted molar refractivity (Wildman–Crippen MR) is 70.5 cm³/mol. The summed E-state index contributed by atoms with van der Waals surface area (Å²) in [6.45, 7) is 0. The summed E-state index contributed by atoms with van der Waals surface area (Å²) in [6.07, 6.45) is 2.49. The largest absolute Gasteiger partial charge is 0.416 e. The Labute approximate surface area is 113 Å². The lowest BCUT2D eigenvalue weighted by atomic mass is 9.93. The fraction of sp³-hybridized carbons (Fsp3) is 0.188. The molecule has 0 radical (unpaired) electrons. The highest BCUT2D eigenvalue weighted by Crippen LogP contribution is 2.48. The van der Waals surface area contributed by atoms with Gasteiger partial charge in [-0.25, -0.2) is 0 Å². The van der Waals surface area contributed by atoms with Gasteiger partial charge in [-0.15, -0.1) is 0 Å². The van der Waals surface area contributed by atoms with Gasteiger partial charge in [-0.05, 0) is 40.8 Å². The molecule has 3 aliphatic rings. The van der Waals surface area contributed by atoms with Crippen LogP contribution in [0.1, 0.15) is 23.6 Å². The molecule has 0 fully saturated rings. The Morgan fingerprint density at radius 3 is 2.70 bits per heavy atom. The van der Waals surface area contributed by atoms with Gasteiger partial charge in [0.15, 0.2) is 0 Å². The Bertz CT molecular complexity index is 732. The van der Waals surface area contributed by atoms with E-state index in [-0.39, 0.29) is 6.04 Å². The second kappa shape index (κ2) is 3.72. The number of allylic oxidation sites excluding steroid dienone is 4. The number of rotatable bonds is 1. The van der Waals surface area contributed by atoms with Crippen LogP contribution < -0.4 is 0 Å². The molecule has 0 spiro atoms. The van der Waals surface area contributed by atoms with Crippen molar-refractivity contribution in [3.63, 3.8) is 0 Å². The van der Waals surface area contributed by atoms with Crippen molar-refractivity contribution in [2.45, 2.75) is 18.6 Å².